The number of alkyl halides is 3. The fourth-order valence-electron chi connectivity index (χ4n) is 1.29. The number of nitrogens with two attached hydrogens (primary N) is 1. The number of benzene rings is 1. The monoisotopic (exact) mass is 260 g/mol. The fourth-order valence-corrected chi connectivity index (χ4v) is 1.29. The zero-order chi connectivity index (χ0) is 13.8. The highest BCUT2D eigenvalue weighted by atomic mass is 19.4. The molecule has 0 aliphatic carbocycles. The van der Waals surface area contributed by atoms with Crippen LogP contribution in [0.5, 0.6) is 0 Å². The molecule has 1 rings (SSSR count). The zero-order valence-corrected chi connectivity index (χ0v) is 9.25. The maximum atomic E-state index is 12.4. The quantitative estimate of drug-likeness (QED) is 0.842. The van der Waals surface area contributed by atoms with Crippen molar-refractivity contribution in [2.45, 2.75) is 12.6 Å². The van der Waals surface area contributed by atoms with Crippen molar-refractivity contribution in [2.24, 2.45) is 5.73 Å². The van der Waals surface area contributed by atoms with Crippen LogP contribution in [0, 0.1) is 0 Å². The lowest BCUT2D eigenvalue weighted by Crippen LogP contribution is -2.34. The molecule has 0 radical (unpaired) electrons. The summed E-state index contributed by atoms with van der Waals surface area (Å²) in [6.07, 6.45) is -4.68. The second-order valence-electron chi connectivity index (χ2n) is 3.62. The van der Waals surface area contributed by atoms with Gasteiger partial charge in [0.25, 0.3) is 0 Å². The number of hydrogen-bond acceptors (Lipinski definition) is 2. The highest BCUT2D eigenvalue weighted by molar-refractivity contribution is 5.84. The van der Waals surface area contributed by atoms with Gasteiger partial charge in [0.2, 0.25) is 11.8 Å². The molecule has 0 aromatic heterocycles. The van der Waals surface area contributed by atoms with E-state index in [2.05, 4.69) is 5.32 Å². The summed E-state index contributed by atoms with van der Waals surface area (Å²) in [5.41, 5.74) is 4.21. The molecule has 0 aliphatic rings. The summed E-state index contributed by atoms with van der Waals surface area (Å²) in [5, 5.41) is 2.19. The Balaban J connectivity index is 2.68. The number of amides is 2. The minimum Gasteiger partial charge on any atom is -0.368 e. The molecule has 0 bridgehead atoms. The summed E-state index contributed by atoms with van der Waals surface area (Å²) >= 11 is 0. The van der Waals surface area contributed by atoms with Gasteiger partial charge in [0.15, 0.2) is 0 Å². The Hall–Kier alpha value is -2.05. The van der Waals surface area contributed by atoms with Gasteiger partial charge in [0.1, 0.15) is 0 Å². The highest BCUT2D eigenvalue weighted by Gasteiger charge is 2.30. The van der Waals surface area contributed by atoms with E-state index in [0.717, 1.165) is 12.1 Å². The first-order valence-corrected chi connectivity index (χ1v) is 5.00. The van der Waals surface area contributed by atoms with Gasteiger partial charge in [-0.05, 0) is 11.6 Å². The summed E-state index contributed by atoms with van der Waals surface area (Å²) in [6.45, 7) is -0.336. The van der Waals surface area contributed by atoms with Gasteiger partial charge in [0, 0.05) is 0 Å². The average Bonchev–Trinajstić information content (AvgIpc) is 2.25. The van der Waals surface area contributed by atoms with E-state index in [1.54, 1.807) is 0 Å². The van der Waals surface area contributed by atoms with Crippen molar-refractivity contribution in [1.82, 2.24) is 5.32 Å². The minimum absolute atomic E-state index is 0.215. The van der Waals surface area contributed by atoms with E-state index in [4.69, 9.17) is 5.73 Å². The van der Waals surface area contributed by atoms with E-state index in [1.165, 1.54) is 12.1 Å². The van der Waals surface area contributed by atoms with Crippen LogP contribution in [-0.4, -0.2) is 18.4 Å². The molecule has 3 N–H and O–H groups in total. The maximum Gasteiger partial charge on any atom is 0.416 e. The molecule has 2 amide bonds. The molecule has 4 nitrogen and oxygen atoms in total. The first-order chi connectivity index (χ1) is 8.29. The Bertz CT molecular complexity index is 458. The topological polar surface area (TPSA) is 72.2 Å². The van der Waals surface area contributed by atoms with Gasteiger partial charge in [-0.1, -0.05) is 18.2 Å². The number of rotatable bonds is 4. The van der Waals surface area contributed by atoms with E-state index in [0.29, 0.717) is 0 Å². The van der Waals surface area contributed by atoms with Crippen LogP contribution in [0.15, 0.2) is 24.3 Å². The predicted molar refractivity (Wildman–Crippen MR) is 57.4 cm³/mol. The Kier molecular flexibility index (Phi) is 4.30. The molecule has 0 aliphatic heterocycles. The molecule has 0 saturated heterocycles. The molecular weight excluding hydrogens is 249 g/mol. The highest BCUT2D eigenvalue weighted by Crippen LogP contribution is 2.29. The van der Waals surface area contributed by atoms with Gasteiger partial charge in [-0.3, -0.25) is 9.59 Å². The van der Waals surface area contributed by atoms with Gasteiger partial charge in [-0.15, -0.1) is 0 Å². The Morgan fingerprint density at radius 1 is 1.28 bits per heavy atom. The summed E-state index contributed by atoms with van der Waals surface area (Å²) in [7, 11) is 0. The molecule has 0 atom stereocenters. The molecule has 0 heterocycles. The van der Waals surface area contributed by atoms with Crippen molar-refractivity contribution in [3.8, 4) is 0 Å². The van der Waals surface area contributed by atoms with Crippen LogP contribution in [0.2, 0.25) is 0 Å². The number of halogens is 3. The second kappa shape index (κ2) is 5.52. The predicted octanol–water partition coefficient (Wildman–Crippen LogP) is 0.849. The largest absolute Gasteiger partial charge is 0.416 e. The van der Waals surface area contributed by atoms with Crippen LogP contribution in [0.25, 0.3) is 0 Å². The molecule has 0 saturated carbocycles. The first-order valence-electron chi connectivity index (χ1n) is 5.00. The number of primary amides is 1. The molecule has 0 spiro atoms. The molecule has 1 aromatic carbocycles. The molecule has 0 fully saturated rings. The fraction of sp³-hybridized carbons (Fsp3) is 0.273. The lowest BCUT2D eigenvalue weighted by Gasteiger charge is -2.08. The standard InChI is InChI=1S/C11H11F3N2O2/c12-11(13,14)8-3-1-2-7(4-8)5-10(18)16-6-9(15)17/h1-4H,5-6H2,(H2,15,17)(H,16,18). The van der Waals surface area contributed by atoms with E-state index >= 15 is 0 Å². The molecular formula is C11H11F3N2O2. The van der Waals surface area contributed by atoms with Crippen molar-refractivity contribution >= 4 is 11.8 Å². The summed E-state index contributed by atoms with van der Waals surface area (Å²) in [6, 6.07) is 4.44. The van der Waals surface area contributed by atoms with E-state index < -0.39 is 23.6 Å². The lowest BCUT2D eigenvalue weighted by molar-refractivity contribution is -0.137. The zero-order valence-electron chi connectivity index (χ0n) is 9.25. The average molecular weight is 260 g/mol. The number of hydrogen-bond donors (Lipinski definition) is 2. The molecule has 18 heavy (non-hydrogen) atoms. The van der Waals surface area contributed by atoms with E-state index in [-0.39, 0.29) is 18.5 Å². The van der Waals surface area contributed by atoms with E-state index in [1.807, 2.05) is 0 Å². The molecule has 7 heteroatoms. The van der Waals surface area contributed by atoms with Crippen LogP contribution < -0.4 is 11.1 Å². The van der Waals surface area contributed by atoms with Gasteiger partial charge < -0.3 is 11.1 Å². The van der Waals surface area contributed by atoms with Crippen molar-refractivity contribution in [2.75, 3.05) is 6.54 Å². The summed E-state index contributed by atoms with van der Waals surface area (Å²) in [5.74, 6) is -1.28. The normalized spacial score (nSPS) is 11.1. The smallest absolute Gasteiger partial charge is 0.368 e. The molecule has 98 valence electrons. The Morgan fingerprint density at radius 2 is 1.94 bits per heavy atom. The summed E-state index contributed by atoms with van der Waals surface area (Å²) < 4.78 is 37.2. The van der Waals surface area contributed by atoms with Gasteiger partial charge in [-0.2, -0.15) is 13.2 Å². The van der Waals surface area contributed by atoms with Gasteiger partial charge in [0.05, 0.1) is 18.5 Å². The Morgan fingerprint density at radius 3 is 2.50 bits per heavy atom. The van der Waals surface area contributed by atoms with Crippen molar-refractivity contribution in [3.63, 3.8) is 0 Å². The van der Waals surface area contributed by atoms with Crippen LogP contribution in [0.1, 0.15) is 11.1 Å². The van der Waals surface area contributed by atoms with Crippen LogP contribution in [-0.2, 0) is 22.2 Å². The number of carbonyl (C=O) groups is 2. The van der Waals surface area contributed by atoms with E-state index in [9.17, 15) is 22.8 Å². The first kappa shape index (κ1) is 14.0. The second-order valence-corrected chi connectivity index (χ2v) is 3.62. The van der Waals surface area contributed by atoms with Crippen molar-refractivity contribution in [1.29, 1.82) is 0 Å². The Labute approximate surface area is 101 Å². The third-order valence-electron chi connectivity index (χ3n) is 2.08. The van der Waals surface area contributed by atoms with Gasteiger partial charge >= 0.3 is 6.18 Å². The SMILES string of the molecule is NC(=O)CNC(=O)Cc1cccc(C(F)(F)F)c1. The minimum atomic E-state index is -4.44. The number of carbonyl (C=O) groups excluding carboxylic acids is 2. The van der Waals surface area contributed by atoms with Crippen molar-refractivity contribution < 1.29 is 22.8 Å². The van der Waals surface area contributed by atoms with Crippen LogP contribution >= 0.6 is 0 Å². The lowest BCUT2D eigenvalue weighted by atomic mass is 10.1. The van der Waals surface area contributed by atoms with Gasteiger partial charge in [-0.25, -0.2) is 0 Å². The molecule has 0 unspecified atom stereocenters. The number of nitrogens with one attached hydrogen (secondary N) is 1. The summed E-state index contributed by atoms with van der Waals surface area (Å²) in [4.78, 5) is 21.7. The van der Waals surface area contributed by atoms with Crippen LogP contribution in [0.4, 0.5) is 13.2 Å². The molecule has 1 aromatic rings. The third-order valence-corrected chi connectivity index (χ3v) is 2.08. The maximum absolute atomic E-state index is 12.4. The van der Waals surface area contributed by atoms with Crippen molar-refractivity contribution in [3.05, 3.63) is 35.4 Å². The van der Waals surface area contributed by atoms with Crippen LogP contribution in [0.3, 0.4) is 0 Å². The third kappa shape index (κ3) is 4.44.